The molecule has 0 aliphatic heterocycles. The van der Waals surface area contributed by atoms with Gasteiger partial charge in [0.25, 0.3) is 0 Å². The topological polar surface area (TPSA) is 72.1 Å². The monoisotopic (exact) mass is 328 g/mol. The van der Waals surface area contributed by atoms with Crippen LogP contribution in [0.15, 0.2) is 40.7 Å². The first-order chi connectivity index (χ1) is 10.7. The van der Waals surface area contributed by atoms with Gasteiger partial charge in [0.15, 0.2) is 5.09 Å². The van der Waals surface area contributed by atoms with Gasteiger partial charge in [0.2, 0.25) is 0 Å². The van der Waals surface area contributed by atoms with Crippen molar-refractivity contribution in [3.63, 3.8) is 0 Å². The summed E-state index contributed by atoms with van der Waals surface area (Å²) in [6.45, 7) is 5.74. The predicted molar refractivity (Wildman–Crippen MR) is 87.1 cm³/mol. The number of thioether (sulfide) groups is 1. The summed E-state index contributed by atoms with van der Waals surface area (Å²) in [6.07, 6.45) is 2.27. The molecule has 0 atom stereocenters. The second-order valence-corrected chi connectivity index (χ2v) is 4.98. The summed E-state index contributed by atoms with van der Waals surface area (Å²) in [6, 6.07) is 5.79. The zero-order valence-electron chi connectivity index (χ0n) is 12.7. The number of ether oxygens (including phenoxy) is 1. The van der Waals surface area contributed by atoms with Crippen LogP contribution in [0, 0.1) is 5.82 Å². The molecule has 0 fully saturated rings. The molecule has 3 N–H and O–H groups in total. The number of hydrogen-bond acceptors (Lipinski definition) is 7. The maximum Gasteiger partial charge on any atom is 0.182 e. The lowest BCUT2D eigenvalue weighted by molar-refractivity contribution is -0.0789. The fourth-order valence-corrected chi connectivity index (χ4v) is 1.87. The van der Waals surface area contributed by atoms with Gasteiger partial charge in [-0.2, -0.15) is 0 Å². The van der Waals surface area contributed by atoms with Gasteiger partial charge in [-0.05, 0) is 30.3 Å². The van der Waals surface area contributed by atoms with Crippen LogP contribution < -0.4 is 16.1 Å². The molecule has 0 aromatic heterocycles. The number of nitrogens with zero attached hydrogens (tertiary/aromatic N) is 2. The number of rotatable bonds is 10. The fourth-order valence-electron chi connectivity index (χ4n) is 1.46. The van der Waals surface area contributed by atoms with Crippen LogP contribution in [0.4, 0.5) is 4.39 Å². The standard InChI is InChI=1S/C14H21FN4O2S/c1-3-8-19(4-2)18-21-17-11-22-14(10-16)20-13-7-5-6-12(15)9-13/h5-7,9-11,18H,3-4,8,16H2,1-2H3/b14-10-,17-11+. The largest absolute Gasteiger partial charge is 0.448 e. The lowest BCUT2D eigenvalue weighted by atomic mass is 10.3. The van der Waals surface area contributed by atoms with Crippen molar-refractivity contribution in [3.05, 3.63) is 41.4 Å². The molecule has 0 amide bonds. The van der Waals surface area contributed by atoms with Crippen molar-refractivity contribution in [1.82, 2.24) is 10.6 Å². The molecule has 1 aromatic carbocycles. The third-order valence-corrected chi connectivity index (χ3v) is 3.10. The van der Waals surface area contributed by atoms with Crippen LogP contribution in [0.1, 0.15) is 20.3 Å². The molecule has 6 nitrogen and oxygen atoms in total. The maximum atomic E-state index is 13.0. The van der Waals surface area contributed by atoms with E-state index in [0.29, 0.717) is 10.8 Å². The zero-order chi connectivity index (χ0) is 16.2. The highest BCUT2D eigenvalue weighted by atomic mass is 32.2. The molecular weight excluding hydrogens is 307 g/mol. The molecule has 0 heterocycles. The molecule has 0 spiro atoms. The molecular formula is C14H21FN4O2S. The minimum Gasteiger partial charge on any atom is -0.448 e. The number of benzene rings is 1. The minimum absolute atomic E-state index is 0.358. The summed E-state index contributed by atoms with van der Waals surface area (Å²) in [4.78, 5) is 4.94. The van der Waals surface area contributed by atoms with Gasteiger partial charge < -0.3 is 10.5 Å². The average Bonchev–Trinajstić information content (AvgIpc) is 2.52. The summed E-state index contributed by atoms with van der Waals surface area (Å²) < 4.78 is 18.5. The zero-order valence-corrected chi connectivity index (χ0v) is 13.5. The van der Waals surface area contributed by atoms with Crippen molar-refractivity contribution in [2.75, 3.05) is 13.1 Å². The quantitative estimate of drug-likeness (QED) is 0.298. The molecule has 0 aliphatic carbocycles. The summed E-state index contributed by atoms with van der Waals surface area (Å²) in [5.74, 6) is -0.0209. The number of oxime groups is 1. The maximum absolute atomic E-state index is 13.0. The number of hydrazine groups is 1. The van der Waals surface area contributed by atoms with Crippen LogP contribution in [0.2, 0.25) is 0 Å². The van der Waals surface area contributed by atoms with E-state index in [0.717, 1.165) is 31.3 Å². The highest BCUT2D eigenvalue weighted by Crippen LogP contribution is 2.20. The van der Waals surface area contributed by atoms with Gasteiger partial charge in [-0.25, -0.2) is 9.40 Å². The van der Waals surface area contributed by atoms with E-state index in [9.17, 15) is 4.39 Å². The molecule has 0 saturated carbocycles. The Morgan fingerprint density at radius 3 is 2.95 bits per heavy atom. The van der Waals surface area contributed by atoms with Gasteiger partial charge in [0, 0.05) is 25.4 Å². The molecule has 8 heteroatoms. The average molecular weight is 328 g/mol. The Kier molecular flexibility index (Phi) is 9.04. The highest BCUT2D eigenvalue weighted by Gasteiger charge is 2.02. The third kappa shape index (κ3) is 7.30. The van der Waals surface area contributed by atoms with Crippen molar-refractivity contribution in [1.29, 1.82) is 0 Å². The minimum atomic E-state index is -0.379. The van der Waals surface area contributed by atoms with Gasteiger partial charge in [-0.1, -0.05) is 30.7 Å². The van der Waals surface area contributed by atoms with Crippen molar-refractivity contribution in [2.24, 2.45) is 10.9 Å². The van der Waals surface area contributed by atoms with Crippen LogP contribution >= 0.6 is 11.8 Å². The first kappa shape index (κ1) is 18.3. The molecule has 122 valence electrons. The van der Waals surface area contributed by atoms with E-state index in [1.165, 1.54) is 23.9 Å². The molecule has 0 saturated heterocycles. The number of nitrogens with one attached hydrogen (secondary N) is 1. The molecule has 0 unspecified atom stereocenters. The van der Waals surface area contributed by atoms with E-state index in [2.05, 4.69) is 17.7 Å². The van der Waals surface area contributed by atoms with Gasteiger partial charge in [0.05, 0.1) is 0 Å². The summed E-state index contributed by atoms with van der Waals surface area (Å²) in [5, 5.41) is 5.96. The molecule has 0 aliphatic rings. The molecule has 1 aromatic rings. The van der Waals surface area contributed by atoms with E-state index in [4.69, 9.17) is 15.4 Å². The van der Waals surface area contributed by atoms with Crippen molar-refractivity contribution in [3.8, 4) is 5.75 Å². The second kappa shape index (κ2) is 10.9. The number of nitrogens with two attached hydrogens (primary N) is 1. The van der Waals surface area contributed by atoms with E-state index in [-0.39, 0.29) is 5.82 Å². The van der Waals surface area contributed by atoms with E-state index in [1.54, 1.807) is 12.1 Å². The van der Waals surface area contributed by atoms with E-state index in [1.807, 2.05) is 11.9 Å². The fraction of sp³-hybridized carbons (Fsp3) is 0.357. The van der Waals surface area contributed by atoms with Crippen molar-refractivity contribution >= 4 is 17.3 Å². The number of halogens is 1. The lowest BCUT2D eigenvalue weighted by Gasteiger charge is -2.17. The Morgan fingerprint density at radius 1 is 1.50 bits per heavy atom. The molecule has 1 rings (SSSR count). The Morgan fingerprint density at radius 2 is 2.32 bits per heavy atom. The van der Waals surface area contributed by atoms with Crippen molar-refractivity contribution in [2.45, 2.75) is 20.3 Å². The number of hydrogen-bond donors (Lipinski definition) is 2. The normalized spacial score (nSPS) is 12.1. The Hall–Kier alpha value is -1.77. The van der Waals surface area contributed by atoms with Crippen LogP contribution in [-0.4, -0.2) is 23.6 Å². The first-order valence-electron chi connectivity index (χ1n) is 6.90. The van der Waals surface area contributed by atoms with Gasteiger partial charge in [-0.3, -0.25) is 4.94 Å². The van der Waals surface area contributed by atoms with Crippen LogP contribution in [-0.2, 0) is 4.94 Å². The Bertz CT molecular complexity index is 499. The predicted octanol–water partition coefficient (Wildman–Crippen LogP) is 2.81. The van der Waals surface area contributed by atoms with Gasteiger partial charge in [0.1, 0.15) is 17.1 Å². The van der Waals surface area contributed by atoms with Crippen molar-refractivity contribution < 1.29 is 14.1 Å². The summed E-state index contributed by atoms with van der Waals surface area (Å²) in [7, 11) is 0. The molecule has 22 heavy (non-hydrogen) atoms. The molecule has 0 radical (unpaired) electrons. The van der Waals surface area contributed by atoms with E-state index < -0.39 is 0 Å². The highest BCUT2D eigenvalue weighted by molar-refractivity contribution is 8.15. The summed E-state index contributed by atoms with van der Waals surface area (Å²) >= 11 is 1.11. The van der Waals surface area contributed by atoms with Crippen LogP contribution in [0.3, 0.4) is 0 Å². The van der Waals surface area contributed by atoms with Gasteiger partial charge >= 0.3 is 0 Å². The summed E-state index contributed by atoms with van der Waals surface area (Å²) in [5.41, 5.74) is 9.58. The molecule has 0 bridgehead atoms. The van der Waals surface area contributed by atoms with E-state index >= 15 is 0 Å². The Labute approximate surface area is 134 Å². The second-order valence-electron chi connectivity index (χ2n) is 4.14. The van der Waals surface area contributed by atoms with Gasteiger partial charge in [-0.15, -0.1) is 0 Å². The SMILES string of the molecule is CCCN(CC)NO/N=C/S/C(=C\N)Oc1cccc(F)c1. The third-order valence-electron chi connectivity index (χ3n) is 2.46. The lowest BCUT2D eigenvalue weighted by Crippen LogP contribution is -2.37. The smallest absolute Gasteiger partial charge is 0.182 e. The van der Waals surface area contributed by atoms with Crippen LogP contribution in [0.5, 0.6) is 5.75 Å². The first-order valence-corrected chi connectivity index (χ1v) is 7.78. The Balaban J connectivity index is 2.36. The van der Waals surface area contributed by atoms with Crippen LogP contribution in [0.25, 0.3) is 0 Å².